The molecule has 0 aliphatic heterocycles. The van der Waals surface area contributed by atoms with Gasteiger partial charge in [0.25, 0.3) is 0 Å². The van der Waals surface area contributed by atoms with Gasteiger partial charge in [-0.05, 0) is 23.8 Å². The number of para-hydroxylation sites is 1. The number of rotatable bonds is 1. The maximum Gasteiger partial charge on any atom is 0.0545 e. The van der Waals surface area contributed by atoms with Crippen LogP contribution < -0.4 is 5.73 Å². The van der Waals surface area contributed by atoms with Crippen LogP contribution >= 0.6 is 0 Å². The van der Waals surface area contributed by atoms with Gasteiger partial charge >= 0.3 is 0 Å². The second kappa shape index (κ2) is 4.10. The van der Waals surface area contributed by atoms with Gasteiger partial charge in [-0.1, -0.05) is 30.3 Å². The number of anilines is 1. The fourth-order valence-electron chi connectivity index (χ4n) is 2.67. The molecule has 0 saturated carbocycles. The molecule has 2 aromatic carbocycles. The number of pyridine rings is 1. The van der Waals surface area contributed by atoms with Gasteiger partial charge in [0, 0.05) is 39.9 Å². The van der Waals surface area contributed by atoms with Crippen LogP contribution in [0.1, 0.15) is 0 Å². The number of nitrogens with one attached hydrogen (secondary N) is 1. The lowest BCUT2D eigenvalue weighted by molar-refractivity contribution is 1.36. The zero-order chi connectivity index (χ0) is 13.5. The molecule has 4 aromatic rings. The molecular formula is C17H13N3. The summed E-state index contributed by atoms with van der Waals surface area (Å²) in [5.74, 6) is 0. The maximum atomic E-state index is 5.76. The minimum atomic E-state index is 0.779. The van der Waals surface area contributed by atoms with Gasteiger partial charge in [0.05, 0.1) is 5.52 Å². The van der Waals surface area contributed by atoms with Crippen molar-refractivity contribution in [3.8, 4) is 11.1 Å². The Hall–Kier alpha value is -2.81. The molecule has 0 aliphatic rings. The van der Waals surface area contributed by atoms with Crippen LogP contribution in [0.15, 0.2) is 60.9 Å². The number of nitrogens with zero attached hydrogens (tertiary/aromatic N) is 1. The summed E-state index contributed by atoms with van der Waals surface area (Å²) in [4.78, 5) is 7.70. The van der Waals surface area contributed by atoms with Crippen LogP contribution in [0.25, 0.3) is 32.9 Å². The molecule has 0 saturated heterocycles. The van der Waals surface area contributed by atoms with Crippen LogP contribution in [0.5, 0.6) is 0 Å². The third-order valence-corrected chi connectivity index (χ3v) is 3.66. The number of hydrogen-bond acceptors (Lipinski definition) is 2. The number of nitrogen functional groups attached to an aromatic ring is 1. The van der Waals surface area contributed by atoms with E-state index < -0.39 is 0 Å². The normalized spacial score (nSPS) is 11.2. The van der Waals surface area contributed by atoms with Crippen molar-refractivity contribution in [2.45, 2.75) is 0 Å². The summed E-state index contributed by atoms with van der Waals surface area (Å²) in [6, 6.07) is 16.3. The molecular weight excluding hydrogens is 246 g/mol. The van der Waals surface area contributed by atoms with E-state index in [9.17, 15) is 0 Å². The summed E-state index contributed by atoms with van der Waals surface area (Å²) in [5, 5.41) is 2.35. The lowest BCUT2D eigenvalue weighted by Crippen LogP contribution is -1.84. The summed E-state index contributed by atoms with van der Waals surface area (Å²) in [6.07, 6.45) is 3.71. The van der Waals surface area contributed by atoms with E-state index in [4.69, 9.17) is 5.73 Å². The molecule has 4 rings (SSSR count). The fraction of sp³-hybridized carbons (Fsp3) is 0. The Kier molecular flexibility index (Phi) is 2.27. The third kappa shape index (κ3) is 1.57. The molecule has 2 heterocycles. The van der Waals surface area contributed by atoms with E-state index in [-0.39, 0.29) is 0 Å². The molecule has 96 valence electrons. The van der Waals surface area contributed by atoms with E-state index in [1.165, 1.54) is 10.9 Å². The Morgan fingerprint density at radius 3 is 2.60 bits per heavy atom. The Bertz CT molecular complexity index is 904. The first-order valence-electron chi connectivity index (χ1n) is 6.53. The monoisotopic (exact) mass is 259 g/mol. The van der Waals surface area contributed by atoms with Gasteiger partial charge in [0.2, 0.25) is 0 Å². The number of aromatic amines is 1. The first kappa shape index (κ1) is 11.1. The quantitative estimate of drug-likeness (QED) is 0.508. The van der Waals surface area contributed by atoms with Crippen molar-refractivity contribution in [1.29, 1.82) is 0 Å². The topological polar surface area (TPSA) is 54.7 Å². The zero-order valence-corrected chi connectivity index (χ0v) is 10.8. The fourth-order valence-corrected chi connectivity index (χ4v) is 2.67. The summed E-state index contributed by atoms with van der Waals surface area (Å²) in [7, 11) is 0. The summed E-state index contributed by atoms with van der Waals surface area (Å²) in [6.45, 7) is 0. The highest BCUT2D eigenvalue weighted by Crippen LogP contribution is 2.32. The summed E-state index contributed by atoms with van der Waals surface area (Å²) >= 11 is 0. The zero-order valence-electron chi connectivity index (χ0n) is 10.8. The van der Waals surface area contributed by atoms with Crippen molar-refractivity contribution in [1.82, 2.24) is 9.97 Å². The van der Waals surface area contributed by atoms with Crippen molar-refractivity contribution in [3.05, 3.63) is 60.9 Å². The SMILES string of the molecule is Nc1ccc(-c2cccc3c2[nH]c2ccncc23)cc1. The molecule has 3 N–H and O–H groups in total. The maximum absolute atomic E-state index is 5.76. The average Bonchev–Trinajstić information content (AvgIpc) is 2.87. The van der Waals surface area contributed by atoms with Crippen LogP contribution in [-0.2, 0) is 0 Å². The molecule has 0 fully saturated rings. The first-order chi connectivity index (χ1) is 9.83. The van der Waals surface area contributed by atoms with Gasteiger partial charge in [-0.15, -0.1) is 0 Å². The third-order valence-electron chi connectivity index (χ3n) is 3.66. The van der Waals surface area contributed by atoms with Crippen LogP contribution in [0.4, 0.5) is 5.69 Å². The molecule has 0 amide bonds. The second-order valence-corrected chi connectivity index (χ2v) is 4.90. The molecule has 2 aromatic heterocycles. The van der Waals surface area contributed by atoms with Gasteiger partial charge in [0.15, 0.2) is 0 Å². The standard InChI is InChI=1S/C17H13N3/c18-12-6-4-11(5-7-12)13-2-1-3-14-15-10-19-9-8-16(15)20-17(13)14/h1-10,20H,18H2. The van der Waals surface area contributed by atoms with Gasteiger partial charge in [-0.25, -0.2) is 0 Å². The Labute approximate surface area is 116 Å². The molecule has 0 radical (unpaired) electrons. The molecule has 0 unspecified atom stereocenters. The predicted molar refractivity (Wildman–Crippen MR) is 83.4 cm³/mol. The number of nitrogens with two attached hydrogens (primary N) is 1. The largest absolute Gasteiger partial charge is 0.399 e. The summed E-state index contributed by atoms with van der Waals surface area (Å²) in [5.41, 5.74) is 11.1. The van der Waals surface area contributed by atoms with E-state index in [1.807, 2.05) is 36.5 Å². The highest BCUT2D eigenvalue weighted by Gasteiger charge is 2.09. The Morgan fingerprint density at radius 2 is 1.75 bits per heavy atom. The lowest BCUT2D eigenvalue weighted by Gasteiger charge is -2.04. The number of aromatic nitrogens is 2. The van der Waals surface area contributed by atoms with Gasteiger partial charge in [-0.2, -0.15) is 0 Å². The molecule has 0 spiro atoms. The Morgan fingerprint density at radius 1 is 0.900 bits per heavy atom. The lowest BCUT2D eigenvalue weighted by atomic mass is 10.0. The van der Waals surface area contributed by atoms with Crippen LogP contribution in [0.3, 0.4) is 0 Å². The van der Waals surface area contributed by atoms with Crippen LogP contribution in [0.2, 0.25) is 0 Å². The van der Waals surface area contributed by atoms with Crippen molar-refractivity contribution >= 4 is 27.5 Å². The highest BCUT2D eigenvalue weighted by atomic mass is 14.7. The number of fused-ring (bicyclic) bond motifs is 3. The molecule has 3 heteroatoms. The van der Waals surface area contributed by atoms with Gasteiger partial charge in [0.1, 0.15) is 0 Å². The van der Waals surface area contributed by atoms with Crippen molar-refractivity contribution in [2.24, 2.45) is 0 Å². The minimum absolute atomic E-state index is 0.779. The number of hydrogen-bond donors (Lipinski definition) is 2. The Balaban J connectivity index is 2.07. The predicted octanol–water partition coefficient (Wildman–Crippen LogP) is 3.97. The van der Waals surface area contributed by atoms with Crippen molar-refractivity contribution in [2.75, 3.05) is 5.73 Å². The van der Waals surface area contributed by atoms with Crippen molar-refractivity contribution in [3.63, 3.8) is 0 Å². The van der Waals surface area contributed by atoms with Crippen LogP contribution in [0, 0.1) is 0 Å². The van der Waals surface area contributed by atoms with Crippen molar-refractivity contribution < 1.29 is 0 Å². The number of H-pyrrole nitrogens is 1. The highest BCUT2D eigenvalue weighted by molar-refractivity contribution is 6.11. The van der Waals surface area contributed by atoms with E-state index in [1.54, 1.807) is 6.20 Å². The molecule has 0 aliphatic carbocycles. The second-order valence-electron chi connectivity index (χ2n) is 4.90. The van der Waals surface area contributed by atoms with E-state index >= 15 is 0 Å². The summed E-state index contributed by atoms with van der Waals surface area (Å²) < 4.78 is 0. The van der Waals surface area contributed by atoms with E-state index in [0.717, 1.165) is 27.7 Å². The van der Waals surface area contributed by atoms with Gasteiger partial charge < -0.3 is 10.7 Å². The van der Waals surface area contributed by atoms with E-state index in [0.29, 0.717) is 0 Å². The first-order valence-corrected chi connectivity index (χ1v) is 6.53. The van der Waals surface area contributed by atoms with Crippen LogP contribution in [-0.4, -0.2) is 9.97 Å². The molecule has 20 heavy (non-hydrogen) atoms. The molecule has 0 atom stereocenters. The van der Waals surface area contributed by atoms with Gasteiger partial charge in [-0.3, -0.25) is 4.98 Å². The van der Waals surface area contributed by atoms with E-state index in [2.05, 4.69) is 28.2 Å². The smallest absolute Gasteiger partial charge is 0.0545 e. The average molecular weight is 259 g/mol. The molecule has 0 bridgehead atoms. The number of benzene rings is 2. The molecule has 3 nitrogen and oxygen atoms in total. The minimum Gasteiger partial charge on any atom is -0.399 e.